The number of fused-ring (bicyclic) bond motifs is 6. The van der Waals surface area contributed by atoms with Gasteiger partial charge < -0.3 is 9.47 Å². The van der Waals surface area contributed by atoms with Crippen molar-refractivity contribution in [2.24, 2.45) is 23.7 Å². The molecule has 1 saturated carbocycles. The van der Waals surface area contributed by atoms with Crippen LogP contribution in [0.3, 0.4) is 0 Å². The molecule has 142 valence electrons. The van der Waals surface area contributed by atoms with Crippen LogP contribution in [0.15, 0.2) is 48.6 Å². The third-order valence-corrected chi connectivity index (χ3v) is 6.10. The lowest BCUT2D eigenvalue weighted by Crippen LogP contribution is -2.38. The van der Waals surface area contributed by atoms with E-state index in [0.29, 0.717) is 11.5 Å². The summed E-state index contributed by atoms with van der Waals surface area (Å²) in [6.45, 7) is -0.347. The van der Waals surface area contributed by atoms with Gasteiger partial charge in [0, 0.05) is 0 Å². The number of hydrogen-bond donors (Lipinski definition) is 0. The minimum absolute atomic E-state index is 0.128. The molecule has 0 spiro atoms. The first-order valence-electron chi connectivity index (χ1n) is 9.37. The zero-order valence-electron chi connectivity index (χ0n) is 15.3. The first-order chi connectivity index (χ1) is 13.5. The van der Waals surface area contributed by atoms with Crippen molar-refractivity contribution in [3.8, 4) is 11.5 Å². The predicted octanol–water partition coefficient (Wildman–Crippen LogP) is 2.56. The van der Waals surface area contributed by atoms with Gasteiger partial charge in [-0.1, -0.05) is 24.3 Å². The molecule has 6 heteroatoms. The smallest absolute Gasteiger partial charge is 0.331 e. The van der Waals surface area contributed by atoms with Gasteiger partial charge in [-0.25, -0.2) is 4.79 Å². The van der Waals surface area contributed by atoms with E-state index >= 15 is 0 Å². The zero-order chi connectivity index (χ0) is 19.4. The summed E-state index contributed by atoms with van der Waals surface area (Å²) >= 11 is 0. The Bertz CT molecular complexity index is 1010. The van der Waals surface area contributed by atoms with Crippen LogP contribution >= 0.6 is 0 Å². The summed E-state index contributed by atoms with van der Waals surface area (Å²) in [4.78, 5) is 38.8. The summed E-state index contributed by atoms with van der Waals surface area (Å²) in [7, 11) is 1.59. The van der Waals surface area contributed by atoms with Crippen molar-refractivity contribution >= 4 is 28.6 Å². The Morgan fingerprint density at radius 2 is 1.57 bits per heavy atom. The Balaban J connectivity index is 1.31. The van der Waals surface area contributed by atoms with Crippen molar-refractivity contribution in [1.29, 1.82) is 0 Å². The van der Waals surface area contributed by atoms with Gasteiger partial charge in [0.1, 0.15) is 18.0 Å². The zero-order valence-corrected chi connectivity index (χ0v) is 15.3. The van der Waals surface area contributed by atoms with Gasteiger partial charge in [-0.3, -0.25) is 14.5 Å². The van der Waals surface area contributed by atoms with E-state index in [9.17, 15) is 14.4 Å². The van der Waals surface area contributed by atoms with Crippen molar-refractivity contribution in [1.82, 2.24) is 4.90 Å². The molecule has 4 atom stereocenters. The molecule has 2 fully saturated rings. The number of likely N-dealkylation sites (tertiary alicyclic amines) is 1. The minimum Gasteiger partial charge on any atom is -0.497 e. The Kier molecular flexibility index (Phi) is 3.75. The number of amides is 2. The van der Waals surface area contributed by atoms with Crippen LogP contribution in [0.25, 0.3) is 10.8 Å². The number of ether oxygens (including phenoxy) is 2. The molecule has 0 aromatic heterocycles. The maximum absolute atomic E-state index is 12.7. The van der Waals surface area contributed by atoms with E-state index in [1.165, 1.54) is 0 Å². The molecule has 1 saturated heterocycles. The van der Waals surface area contributed by atoms with Crippen LogP contribution in [-0.4, -0.2) is 36.3 Å². The summed E-state index contributed by atoms with van der Waals surface area (Å²) in [6.07, 6.45) is 4.93. The van der Waals surface area contributed by atoms with E-state index in [-0.39, 0.29) is 42.0 Å². The first-order valence-corrected chi connectivity index (χ1v) is 9.37. The van der Waals surface area contributed by atoms with Gasteiger partial charge >= 0.3 is 5.97 Å². The molecular formula is C22H19NO5. The number of allylic oxidation sites excluding steroid dienone is 2. The summed E-state index contributed by atoms with van der Waals surface area (Å²) in [5.41, 5.74) is 0. The summed E-state index contributed by atoms with van der Waals surface area (Å²) in [6, 6.07) is 10.9. The third kappa shape index (κ3) is 2.52. The van der Waals surface area contributed by atoms with E-state index in [2.05, 4.69) is 0 Å². The van der Waals surface area contributed by atoms with Gasteiger partial charge in [0.05, 0.1) is 18.9 Å². The number of carbonyl (C=O) groups excluding carboxylic acids is 3. The summed E-state index contributed by atoms with van der Waals surface area (Å²) in [5.74, 6) is -0.383. The quantitative estimate of drug-likeness (QED) is 0.354. The van der Waals surface area contributed by atoms with Gasteiger partial charge in [0.15, 0.2) is 0 Å². The van der Waals surface area contributed by atoms with Crippen LogP contribution in [0.1, 0.15) is 6.42 Å². The van der Waals surface area contributed by atoms with Crippen LogP contribution in [-0.2, 0) is 14.4 Å². The largest absolute Gasteiger partial charge is 0.497 e. The monoisotopic (exact) mass is 377 g/mol. The van der Waals surface area contributed by atoms with Crippen molar-refractivity contribution in [2.75, 3.05) is 13.7 Å². The van der Waals surface area contributed by atoms with Crippen molar-refractivity contribution < 1.29 is 23.9 Å². The Morgan fingerprint density at radius 3 is 2.21 bits per heavy atom. The van der Waals surface area contributed by atoms with E-state index in [0.717, 1.165) is 22.1 Å². The maximum atomic E-state index is 12.7. The lowest BCUT2D eigenvalue weighted by atomic mass is 9.85. The number of rotatable bonds is 4. The van der Waals surface area contributed by atoms with Crippen LogP contribution < -0.4 is 9.47 Å². The molecule has 3 aliphatic rings. The normalized spacial score (nSPS) is 27.5. The van der Waals surface area contributed by atoms with E-state index in [1.807, 2.05) is 36.4 Å². The fraction of sp³-hybridized carbons (Fsp3) is 0.318. The van der Waals surface area contributed by atoms with E-state index in [4.69, 9.17) is 9.47 Å². The van der Waals surface area contributed by atoms with Gasteiger partial charge in [-0.15, -0.1) is 0 Å². The maximum Gasteiger partial charge on any atom is 0.331 e. The summed E-state index contributed by atoms with van der Waals surface area (Å²) in [5, 5.41) is 1.86. The molecule has 2 aromatic carbocycles. The fourth-order valence-electron chi connectivity index (χ4n) is 4.81. The van der Waals surface area contributed by atoms with Crippen molar-refractivity contribution in [3.05, 3.63) is 48.6 Å². The second-order valence-electron chi connectivity index (χ2n) is 7.61. The molecule has 2 aliphatic carbocycles. The molecule has 5 rings (SSSR count). The molecule has 1 heterocycles. The SMILES string of the molecule is COc1ccc2ccc(OC(=O)CN3C(=O)C4C5C=CC(C5)C4C3=O)cc2c1. The summed E-state index contributed by atoms with van der Waals surface area (Å²) < 4.78 is 10.6. The number of hydrogen-bond acceptors (Lipinski definition) is 5. The Morgan fingerprint density at radius 1 is 0.964 bits per heavy atom. The van der Waals surface area contributed by atoms with Gasteiger partial charge in [-0.05, 0) is 53.3 Å². The highest BCUT2D eigenvalue weighted by Crippen LogP contribution is 2.52. The van der Waals surface area contributed by atoms with E-state index < -0.39 is 5.97 Å². The Labute approximate surface area is 161 Å². The second kappa shape index (κ2) is 6.19. The molecule has 4 unspecified atom stereocenters. The number of benzene rings is 2. The molecule has 28 heavy (non-hydrogen) atoms. The average molecular weight is 377 g/mol. The number of methoxy groups -OCH3 is 1. The van der Waals surface area contributed by atoms with Gasteiger partial charge in [-0.2, -0.15) is 0 Å². The first kappa shape index (κ1) is 17.0. The highest BCUT2D eigenvalue weighted by atomic mass is 16.5. The van der Waals surface area contributed by atoms with Gasteiger partial charge in [0.2, 0.25) is 11.8 Å². The highest BCUT2D eigenvalue weighted by Gasteiger charge is 2.59. The molecule has 2 bridgehead atoms. The lowest BCUT2D eigenvalue weighted by Gasteiger charge is -2.16. The molecule has 2 amide bonds. The van der Waals surface area contributed by atoms with Crippen LogP contribution in [0, 0.1) is 23.7 Å². The highest BCUT2D eigenvalue weighted by molar-refractivity contribution is 6.08. The third-order valence-electron chi connectivity index (χ3n) is 6.10. The Hall–Kier alpha value is -3.15. The molecular weight excluding hydrogens is 358 g/mol. The van der Waals surface area contributed by atoms with Crippen molar-refractivity contribution in [2.45, 2.75) is 6.42 Å². The van der Waals surface area contributed by atoms with Crippen molar-refractivity contribution in [3.63, 3.8) is 0 Å². The predicted molar refractivity (Wildman–Crippen MR) is 101 cm³/mol. The van der Waals surface area contributed by atoms with Crippen LogP contribution in [0.4, 0.5) is 0 Å². The molecule has 0 radical (unpaired) electrons. The van der Waals surface area contributed by atoms with Crippen LogP contribution in [0.5, 0.6) is 11.5 Å². The number of nitrogens with zero attached hydrogens (tertiary/aromatic N) is 1. The number of imide groups is 1. The minimum atomic E-state index is -0.621. The van der Waals surface area contributed by atoms with E-state index in [1.54, 1.807) is 19.2 Å². The molecule has 0 N–H and O–H groups in total. The van der Waals surface area contributed by atoms with Gasteiger partial charge in [0.25, 0.3) is 0 Å². The second-order valence-corrected chi connectivity index (χ2v) is 7.61. The number of esters is 1. The molecule has 2 aromatic rings. The fourth-order valence-corrected chi connectivity index (χ4v) is 4.81. The lowest BCUT2D eigenvalue weighted by molar-refractivity contribution is -0.148. The topological polar surface area (TPSA) is 72.9 Å². The molecule has 1 aliphatic heterocycles. The molecule has 6 nitrogen and oxygen atoms in total. The van der Waals surface area contributed by atoms with Crippen LogP contribution in [0.2, 0.25) is 0 Å². The standard InChI is InChI=1S/C22H19NO5/c1-27-16-6-4-12-5-7-17(10-15(12)9-16)28-18(24)11-23-21(25)19-13-2-3-14(8-13)20(19)22(23)26/h2-7,9-10,13-14,19-20H,8,11H2,1H3. The number of carbonyl (C=O) groups is 3. The average Bonchev–Trinajstić information content (AvgIpc) is 3.37.